The lowest BCUT2D eigenvalue weighted by molar-refractivity contribution is -0.103. The van der Waals surface area contributed by atoms with Crippen LogP contribution in [-0.4, -0.2) is 13.3 Å². The highest BCUT2D eigenvalue weighted by atomic mass is 19.1. The molecule has 13 heavy (non-hydrogen) atoms. The van der Waals surface area contributed by atoms with Crippen molar-refractivity contribution in [3.63, 3.8) is 0 Å². The maximum Gasteiger partial charge on any atom is 0.150 e. The van der Waals surface area contributed by atoms with Crippen LogP contribution >= 0.6 is 0 Å². The fraction of sp³-hybridized carbons (Fsp3) is 0.100. The lowest BCUT2D eigenvalue weighted by Gasteiger charge is -2.08. The summed E-state index contributed by atoms with van der Waals surface area (Å²) in [6.07, 6.45) is 0.541. The van der Waals surface area contributed by atoms with Gasteiger partial charge in [-0.2, -0.15) is 0 Å². The largest absolute Gasteiger partial charge is 0.388 e. The van der Waals surface area contributed by atoms with Crippen LogP contribution in [0.2, 0.25) is 0 Å². The second-order valence-corrected chi connectivity index (χ2v) is 2.56. The van der Waals surface area contributed by atoms with Gasteiger partial charge in [0.25, 0.3) is 0 Å². The number of nitrogens with one attached hydrogen (secondary N) is 1. The van der Waals surface area contributed by atoms with Crippen molar-refractivity contribution in [2.75, 3.05) is 12.4 Å². The zero-order chi connectivity index (χ0) is 9.84. The molecule has 1 aromatic carbocycles. The van der Waals surface area contributed by atoms with Gasteiger partial charge in [-0.15, -0.1) is 0 Å². The number of hydrogen-bond acceptors (Lipinski definition) is 2. The van der Waals surface area contributed by atoms with Crippen molar-refractivity contribution in [3.8, 4) is 0 Å². The van der Waals surface area contributed by atoms with E-state index in [1.54, 1.807) is 19.2 Å². The normalized spacial score (nSPS) is 9.38. The van der Waals surface area contributed by atoms with E-state index in [-0.39, 0.29) is 11.1 Å². The summed E-state index contributed by atoms with van der Waals surface area (Å²) in [5, 5.41) is 2.79. The summed E-state index contributed by atoms with van der Waals surface area (Å²) in [4.78, 5) is 10.4. The fourth-order valence-corrected chi connectivity index (χ4v) is 1.12. The summed E-state index contributed by atoms with van der Waals surface area (Å²) in [6, 6.07) is 4.56. The molecular weight excluding hydrogens is 169 g/mol. The van der Waals surface area contributed by atoms with E-state index in [1.807, 2.05) is 0 Å². The molecule has 0 aliphatic rings. The molecule has 0 bridgehead atoms. The molecule has 0 saturated carbocycles. The summed E-state index contributed by atoms with van der Waals surface area (Å²) in [7, 11) is 1.66. The summed E-state index contributed by atoms with van der Waals surface area (Å²) in [5.41, 5.74) is 0.944. The van der Waals surface area contributed by atoms with E-state index in [9.17, 15) is 9.18 Å². The Balaban J connectivity index is 3.30. The van der Waals surface area contributed by atoms with Gasteiger partial charge in [0.15, 0.2) is 0 Å². The van der Waals surface area contributed by atoms with E-state index in [0.29, 0.717) is 12.0 Å². The summed E-state index contributed by atoms with van der Waals surface area (Å²) in [6.45, 7) is 3.46. The first kappa shape index (κ1) is 9.45. The topological polar surface area (TPSA) is 29.1 Å². The third kappa shape index (κ3) is 1.75. The van der Waals surface area contributed by atoms with Crippen LogP contribution in [0.4, 0.5) is 10.1 Å². The molecule has 0 unspecified atom stereocenters. The van der Waals surface area contributed by atoms with Crippen molar-refractivity contribution in [2.45, 2.75) is 0 Å². The van der Waals surface area contributed by atoms with E-state index >= 15 is 0 Å². The number of hydrogen-bond donors (Lipinski definition) is 1. The van der Waals surface area contributed by atoms with Gasteiger partial charge in [-0.05, 0) is 12.1 Å². The minimum absolute atomic E-state index is 0.141. The van der Waals surface area contributed by atoms with Gasteiger partial charge in [0.2, 0.25) is 0 Å². The molecule has 0 atom stereocenters. The molecule has 0 aromatic heterocycles. The third-order valence-corrected chi connectivity index (χ3v) is 1.75. The highest BCUT2D eigenvalue weighted by Gasteiger charge is 2.09. The molecule has 0 spiro atoms. The fourth-order valence-electron chi connectivity index (χ4n) is 1.12. The molecule has 1 aromatic rings. The second-order valence-electron chi connectivity index (χ2n) is 2.56. The van der Waals surface area contributed by atoms with E-state index in [1.165, 1.54) is 6.07 Å². The maximum atomic E-state index is 13.2. The van der Waals surface area contributed by atoms with Gasteiger partial charge in [0.1, 0.15) is 12.1 Å². The Morgan fingerprint density at radius 3 is 2.85 bits per heavy atom. The van der Waals surface area contributed by atoms with E-state index in [2.05, 4.69) is 11.9 Å². The molecule has 0 heterocycles. The first-order chi connectivity index (χ1) is 6.20. The van der Waals surface area contributed by atoms with Gasteiger partial charge >= 0.3 is 0 Å². The lowest BCUT2D eigenvalue weighted by Crippen LogP contribution is -1.98. The maximum absolute atomic E-state index is 13.2. The predicted molar refractivity (Wildman–Crippen MR) is 51.0 cm³/mol. The molecule has 0 amide bonds. The molecule has 68 valence electrons. The number of anilines is 1. The second kappa shape index (κ2) is 3.85. The average molecular weight is 179 g/mol. The quantitative estimate of drug-likeness (QED) is 0.568. The highest BCUT2D eigenvalue weighted by molar-refractivity contribution is 6.08. The van der Waals surface area contributed by atoms with Crippen LogP contribution in [0, 0.1) is 5.82 Å². The van der Waals surface area contributed by atoms with E-state index in [0.717, 1.165) is 0 Å². The van der Waals surface area contributed by atoms with Gasteiger partial charge in [0.05, 0.1) is 0 Å². The number of halogens is 1. The monoisotopic (exact) mass is 179 g/mol. The lowest BCUT2D eigenvalue weighted by atomic mass is 10.1. The molecule has 0 aliphatic carbocycles. The highest BCUT2D eigenvalue weighted by Crippen LogP contribution is 2.23. The van der Waals surface area contributed by atoms with Crippen LogP contribution < -0.4 is 5.32 Å². The first-order valence-corrected chi connectivity index (χ1v) is 3.81. The summed E-state index contributed by atoms with van der Waals surface area (Å²) in [5.74, 6) is -0.441. The van der Waals surface area contributed by atoms with Crippen molar-refractivity contribution in [2.24, 2.45) is 0 Å². The van der Waals surface area contributed by atoms with Crippen LogP contribution in [0.25, 0.3) is 5.57 Å². The van der Waals surface area contributed by atoms with Crippen molar-refractivity contribution in [1.29, 1.82) is 0 Å². The van der Waals surface area contributed by atoms with Gasteiger partial charge < -0.3 is 5.32 Å². The number of benzene rings is 1. The van der Waals surface area contributed by atoms with Gasteiger partial charge in [0, 0.05) is 23.9 Å². The van der Waals surface area contributed by atoms with Gasteiger partial charge in [-0.1, -0.05) is 12.6 Å². The van der Waals surface area contributed by atoms with E-state index < -0.39 is 5.82 Å². The van der Waals surface area contributed by atoms with Crippen molar-refractivity contribution < 1.29 is 9.18 Å². The number of aldehydes is 1. The summed E-state index contributed by atoms with van der Waals surface area (Å²) >= 11 is 0. The SMILES string of the molecule is C=C(C=O)c1c(F)cccc1NC. The predicted octanol–water partition coefficient (Wildman–Crippen LogP) is 2.08. The Morgan fingerprint density at radius 1 is 1.62 bits per heavy atom. The number of allylic oxidation sites excluding steroid dienone is 1. The number of carbonyl (C=O) groups excluding carboxylic acids is 1. The molecule has 0 fully saturated rings. The summed E-state index contributed by atoms with van der Waals surface area (Å²) < 4.78 is 13.2. The molecule has 0 saturated heterocycles. The van der Waals surface area contributed by atoms with Gasteiger partial charge in [-0.3, -0.25) is 4.79 Å². The van der Waals surface area contributed by atoms with Crippen LogP contribution in [-0.2, 0) is 4.79 Å². The van der Waals surface area contributed by atoms with Crippen molar-refractivity contribution in [1.82, 2.24) is 0 Å². The Hall–Kier alpha value is -1.64. The van der Waals surface area contributed by atoms with Crippen molar-refractivity contribution >= 4 is 17.5 Å². The van der Waals surface area contributed by atoms with Crippen molar-refractivity contribution in [3.05, 3.63) is 36.2 Å². The van der Waals surface area contributed by atoms with Crippen LogP contribution in [0.15, 0.2) is 24.8 Å². The molecule has 2 nitrogen and oxygen atoms in total. The molecule has 3 heteroatoms. The Kier molecular flexibility index (Phi) is 2.80. The minimum Gasteiger partial charge on any atom is -0.388 e. The molecule has 0 radical (unpaired) electrons. The molecule has 1 rings (SSSR count). The van der Waals surface area contributed by atoms with Crippen LogP contribution in [0.3, 0.4) is 0 Å². The Labute approximate surface area is 76.1 Å². The third-order valence-electron chi connectivity index (χ3n) is 1.75. The minimum atomic E-state index is -0.441. The standard InChI is InChI=1S/C10H10FNO/c1-7(6-13)10-8(11)4-3-5-9(10)12-2/h3-6,12H,1H2,2H3. The Bertz CT molecular complexity index is 347. The van der Waals surface area contributed by atoms with Crippen LogP contribution in [0.5, 0.6) is 0 Å². The first-order valence-electron chi connectivity index (χ1n) is 3.81. The number of rotatable bonds is 3. The molecule has 0 aliphatic heterocycles. The zero-order valence-electron chi connectivity index (χ0n) is 7.30. The average Bonchev–Trinajstić information content (AvgIpc) is 2.16. The smallest absolute Gasteiger partial charge is 0.150 e. The zero-order valence-corrected chi connectivity index (χ0v) is 7.30. The van der Waals surface area contributed by atoms with E-state index in [4.69, 9.17) is 0 Å². The van der Waals surface area contributed by atoms with Crippen LogP contribution in [0.1, 0.15) is 5.56 Å². The molecular formula is C10H10FNO. The van der Waals surface area contributed by atoms with Gasteiger partial charge in [-0.25, -0.2) is 4.39 Å². The Morgan fingerprint density at radius 2 is 2.31 bits per heavy atom. The number of carbonyl (C=O) groups is 1. The molecule has 1 N–H and O–H groups in total.